The van der Waals surface area contributed by atoms with Gasteiger partial charge in [0.1, 0.15) is 0 Å². The summed E-state index contributed by atoms with van der Waals surface area (Å²) < 4.78 is 2.74. The van der Waals surface area contributed by atoms with Crippen LogP contribution in [0.5, 0.6) is 0 Å². The molecular weight excluding hydrogens is 286 g/mol. The van der Waals surface area contributed by atoms with E-state index in [-0.39, 0.29) is 12.6 Å². The van der Waals surface area contributed by atoms with Crippen molar-refractivity contribution in [3.63, 3.8) is 0 Å². The van der Waals surface area contributed by atoms with Gasteiger partial charge in [-0.15, -0.1) is 0 Å². The molecule has 6 heteroatoms. The summed E-state index contributed by atoms with van der Waals surface area (Å²) >= 11 is 3.49. The van der Waals surface area contributed by atoms with Crippen molar-refractivity contribution in [1.82, 2.24) is 14.7 Å². The Balaban J connectivity index is 2.89. The van der Waals surface area contributed by atoms with Gasteiger partial charge in [0.05, 0.1) is 22.4 Å². The van der Waals surface area contributed by atoms with Crippen molar-refractivity contribution in [1.29, 1.82) is 0 Å². The van der Waals surface area contributed by atoms with E-state index in [1.54, 1.807) is 4.68 Å². The van der Waals surface area contributed by atoms with Crippen LogP contribution in [-0.4, -0.2) is 38.3 Å². The van der Waals surface area contributed by atoms with E-state index in [0.717, 1.165) is 15.9 Å². The highest BCUT2D eigenvalue weighted by Gasteiger charge is 2.18. The van der Waals surface area contributed by atoms with Gasteiger partial charge in [-0.05, 0) is 36.7 Å². The third-order valence-electron chi connectivity index (χ3n) is 2.68. The van der Waals surface area contributed by atoms with E-state index in [1.165, 1.54) is 0 Å². The molecular formula is C11H18BrN3O2. The number of hydrogen-bond acceptors (Lipinski definition) is 3. The van der Waals surface area contributed by atoms with Gasteiger partial charge < -0.3 is 5.11 Å². The van der Waals surface area contributed by atoms with Crippen molar-refractivity contribution < 1.29 is 9.90 Å². The number of rotatable bonds is 5. The Kier molecular flexibility index (Phi) is 4.70. The second kappa shape index (κ2) is 5.64. The summed E-state index contributed by atoms with van der Waals surface area (Å²) in [6.45, 7) is 6.50. The number of halogens is 1. The maximum absolute atomic E-state index is 10.8. The van der Waals surface area contributed by atoms with E-state index in [4.69, 9.17) is 5.11 Å². The predicted octanol–water partition coefficient (Wildman–Crippen LogP) is 1.79. The monoisotopic (exact) mass is 303 g/mol. The number of carbonyl (C=O) groups is 1. The molecule has 0 radical (unpaired) electrons. The zero-order valence-corrected chi connectivity index (χ0v) is 12.2. The van der Waals surface area contributed by atoms with Crippen LogP contribution in [0.25, 0.3) is 0 Å². The first kappa shape index (κ1) is 14.2. The normalized spacial score (nSPS) is 11.5. The van der Waals surface area contributed by atoms with Crippen molar-refractivity contribution in [2.75, 3.05) is 6.54 Å². The highest BCUT2D eigenvalue weighted by molar-refractivity contribution is 9.10. The summed E-state index contributed by atoms with van der Waals surface area (Å²) in [4.78, 5) is 12.7. The molecule has 0 amide bonds. The van der Waals surface area contributed by atoms with E-state index in [2.05, 4.69) is 21.0 Å². The second-order valence-corrected chi connectivity index (χ2v) is 5.16. The highest BCUT2D eigenvalue weighted by atomic mass is 79.9. The van der Waals surface area contributed by atoms with Crippen molar-refractivity contribution in [2.45, 2.75) is 33.4 Å². The maximum Gasteiger partial charge on any atom is 0.317 e. The van der Waals surface area contributed by atoms with Crippen LogP contribution in [0, 0.1) is 6.92 Å². The molecule has 1 N–H and O–H groups in total. The lowest BCUT2D eigenvalue weighted by Crippen LogP contribution is -2.35. The van der Waals surface area contributed by atoms with E-state index >= 15 is 0 Å². The molecule has 0 spiro atoms. The summed E-state index contributed by atoms with van der Waals surface area (Å²) in [6.07, 6.45) is 0. The SMILES string of the molecule is Cc1nn(C)c(CN(CC(=O)O)C(C)C)c1Br. The molecule has 17 heavy (non-hydrogen) atoms. The molecule has 1 heterocycles. The molecule has 0 atom stereocenters. The first-order valence-corrected chi connectivity index (χ1v) is 6.26. The Morgan fingerprint density at radius 1 is 1.59 bits per heavy atom. The Labute approximate surface area is 110 Å². The maximum atomic E-state index is 10.8. The average Bonchev–Trinajstić information content (AvgIpc) is 2.43. The number of carboxylic acids is 1. The number of hydrogen-bond donors (Lipinski definition) is 1. The van der Waals surface area contributed by atoms with Crippen molar-refractivity contribution in [3.8, 4) is 0 Å². The highest BCUT2D eigenvalue weighted by Crippen LogP contribution is 2.22. The molecule has 0 saturated heterocycles. The third kappa shape index (κ3) is 3.54. The molecule has 96 valence electrons. The summed E-state index contributed by atoms with van der Waals surface area (Å²) in [5, 5.41) is 13.2. The van der Waals surface area contributed by atoms with Crippen LogP contribution in [0.4, 0.5) is 0 Å². The van der Waals surface area contributed by atoms with E-state index in [9.17, 15) is 4.79 Å². The Morgan fingerprint density at radius 3 is 2.53 bits per heavy atom. The number of carboxylic acid groups (broad SMARTS) is 1. The van der Waals surface area contributed by atoms with Crippen molar-refractivity contribution in [2.24, 2.45) is 7.05 Å². The molecule has 0 aliphatic heterocycles. The molecule has 5 nitrogen and oxygen atoms in total. The standard InChI is InChI=1S/C11H18BrN3O2/c1-7(2)15(6-10(16)17)5-9-11(12)8(3)13-14(9)4/h7H,5-6H2,1-4H3,(H,16,17). The molecule has 0 aromatic carbocycles. The zero-order valence-electron chi connectivity index (χ0n) is 10.6. The minimum absolute atomic E-state index is 0.0360. The fourth-order valence-corrected chi connectivity index (χ4v) is 2.10. The van der Waals surface area contributed by atoms with Gasteiger partial charge in [0.2, 0.25) is 0 Å². The van der Waals surface area contributed by atoms with Crippen LogP contribution in [0.3, 0.4) is 0 Å². The second-order valence-electron chi connectivity index (χ2n) is 4.36. The number of aliphatic carboxylic acids is 1. The average molecular weight is 304 g/mol. The molecule has 1 rings (SSSR count). The molecule has 0 bridgehead atoms. The topological polar surface area (TPSA) is 58.4 Å². The van der Waals surface area contributed by atoms with Crippen LogP contribution >= 0.6 is 15.9 Å². The van der Waals surface area contributed by atoms with Crippen LogP contribution < -0.4 is 0 Å². The zero-order chi connectivity index (χ0) is 13.2. The van der Waals surface area contributed by atoms with Gasteiger partial charge in [-0.1, -0.05) is 0 Å². The third-order valence-corrected chi connectivity index (χ3v) is 3.71. The lowest BCUT2D eigenvalue weighted by atomic mass is 10.2. The van der Waals surface area contributed by atoms with Gasteiger partial charge in [-0.2, -0.15) is 5.10 Å². The quantitative estimate of drug-likeness (QED) is 0.901. The number of nitrogens with zero attached hydrogens (tertiary/aromatic N) is 3. The molecule has 0 unspecified atom stereocenters. The van der Waals surface area contributed by atoms with Crippen LogP contribution in [0.1, 0.15) is 25.2 Å². The summed E-state index contributed by atoms with van der Waals surface area (Å²) in [5.41, 5.74) is 1.92. The minimum Gasteiger partial charge on any atom is -0.480 e. The molecule has 1 aromatic heterocycles. The van der Waals surface area contributed by atoms with Crippen LogP contribution in [0.2, 0.25) is 0 Å². The summed E-state index contributed by atoms with van der Waals surface area (Å²) in [7, 11) is 1.87. The largest absolute Gasteiger partial charge is 0.480 e. The first-order chi connectivity index (χ1) is 7.82. The Morgan fingerprint density at radius 2 is 2.18 bits per heavy atom. The molecule has 0 saturated carbocycles. The Bertz CT molecular complexity index is 415. The number of aromatic nitrogens is 2. The van der Waals surface area contributed by atoms with Crippen LogP contribution in [0.15, 0.2) is 4.47 Å². The van der Waals surface area contributed by atoms with Gasteiger partial charge in [0.25, 0.3) is 0 Å². The number of aryl methyl sites for hydroxylation is 2. The minimum atomic E-state index is -0.811. The molecule has 0 fully saturated rings. The smallest absolute Gasteiger partial charge is 0.317 e. The van der Waals surface area contributed by atoms with Gasteiger partial charge in [0, 0.05) is 19.6 Å². The fourth-order valence-electron chi connectivity index (χ4n) is 1.64. The van der Waals surface area contributed by atoms with Crippen molar-refractivity contribution >= 4 is 21.9 Å². The summed E-state index contributed by atoms with van der Waals surface area (Å²) in [5.74, 6) is -0.811. The van der Waals surface area contributed by atoms with Gasteiger partial charge in [-0.3, -0.25) is 14.4 Å². The molecule has 0 aliphatic rings. The van der Waals surface area contributed by atoms with Gasteiger partial charge in [-0.25, -0.2) is 0 Å². The molecule has 0 aliphatic carbocycles. The Hall–Kier alpha value is -0.880. The van der Waals surface area contributed by atoms with Gasteiger partial charge >= 0.3 is 5.97 Å². The first-order valence-electron chi connectivity index (χ1n) is 5.46. The predicted molar refractivity (Wildman–Crippen MR) is 68.8 cm³/mol. The van der Waals surface area contributed by atoms with Crippen molar-refractivity contribution in [3.05, 3.63) is 15.9 Å². The lowest BCUT2D eigenvalue weighted by Gasteiger charge is -2.24. The molecule has 1 aromatic rings. The van der Waals surface area contributed by atoms with E-state index in [0.29, 0.717) is 6.54 Å². The van der Waals surface area contributed by atoms with Gasteiger partial charge in [0.15, 0.2) is 0 Å². The van der Waals surface area contributed by atoms with E-state index in [1.807, 2.05) is 32.7 Å². The summed E-state index contributed by atoms with van der Waals surface area (Å²) in [6, 6.07) is 0.174. The lowest BCUT2D eigenvalue weighted by molar-refractivity contribution is -0.139. The van der Waals surface area contributed by atoms with E-state index < -0.39 is 5.97 Å². The fraction of sp³-hybridized carbons (Fsp3) is 0.636. The van der Waals surface area contributed by atoms with Crippen LogP contribution in [-0.2, 0) is 18.4 Å².